The van der Waals surface area contributed by atoms with Gasteiger partial charge in [-0.05, 0) is 25.6 Å². The van der Waals surface area contributed by atoms with Gasteiger partial charge in [0.2, 0.25) is 5.91 Å². The Morgan fingerprint density at radius 3 is 2.50 bits per heavy atom. The van der Waals surface area contributed by atoms with Crippen molar-refractivity contribution < 1.29 is 9.18 Å². The van der Waals surface area contributed by atoms with Crippen LogP contribution in [0.1, 0.15) is 16.7 Å². The van der Waals surface area contributed by atoms with Gasteiger partial charge in [0.25, 0.3) is 0 Å². The smallest absolute Gasteiger partial charge is 0.234 e. The number of nitrogens with one attached hydrogen (secondary N) is 1. The Labute approximate surface area is 130 Å². The van der Waals surface area contributed by atoms with E-state index in [-0.39, 0.29) is 24.8 Å². The molecule has 0 unspecified atom stereocenters. The molecule has 116 valence electrons. The van der Waals surface area contributed by atoms with Crippen molar-refractivity contribution in [3.63, 3.8) is 0 Å². The Kier molecular flexibility index (Phi) is 5.67. The number of carbonyl (C=O) groups excluding carboxylic acids is 1. The first-order chi connectivity index (χ1) is 10.5. The minimum Gasteiger partial charge on any atom is -0.351 e. The van der Waals surface area contributed by atoms with E-state index in [1.807, 2.05) is 18.9 Å². The topological polar surface area (TPSA) is 32.3 Å². The lowest BCUT2D eigenvalue weighted by Crippen LogP contribution is -2.34. The molecule has 0 aromatic heterocycles. The van der Waals surface area contributed by atoms with E-state index in [4.69, 9.17) is 0 Å². The van der Waals surface area contributed by atoms with Crippen LogP contribution in [-0.2, 0) is 17.9 Å². The molecule has 4 heteroatoms. The Morgan fingerprint density at radius 1 is 1.14 bits per heavy atom. The van der Waals surface area contributed by atoms with Crippen LogP contribution in [0.3, 0.4) is 0 Å². The number of carbonyl (C=O) groups is 1. The zero-order chi connectivity index (χ0) is 15.9. The number of aryl methyl sites for hydroxylation is 1. The van der Waals surface area contributed by atoms with Crippen molar-refractivity contribution in [1.82, 2.24) is 10.2 Å². The summed E-state index contributed by atoms with van der Waals surface area (Å²) in [6.45, 7) is 3.24. The van der Waals surface area contributed by atoms with Crippen molar-refractivity contribution in [2.45, 2.75) is 20.0 Å². The molecule has 0 aliphatic rings. The number of hydrogen-bond acceptors (Lipinski definition) is 2. The van der Waals surface area contributed by atoms with Crippen LogP contribution in [0, 0.1) is 12.7 Å². The monoisotopic (exact) mass is 300 g/mol. The molecule has 1 N–H and O–H groups in total. The van der Waals surface area contributed by atoms with Gasteiger partial charge in [-0.1, -0.05) is 48.0 Å². The highest BCUT2D eigenvalue weighted by Gasteiger charge is 2.08. The third-order valence-electron chi connectivity index (χ3n) is 3.42. The third-order valence-corrected chi connectivity index (χ3v) is 3.42. The van der Waals surface area contributed by atoms with Gasteiger partial charge in [0, 0.05) is 18.7 Å². The van der Waals surface area contributed by atoms with Crippen molar-refractivity contribution in [1.29, 1.82) is 0 Å². The standard InChI is InChI=1S/C18H21FN2O/c1-14-7-9-15(10-8-14)12-21(2)13-18(22)20-11-16-5-3-4-6-17(16)19/h3-10H,11-13H2,1-2H3,(H,20,22). The molecule has 0 radical (unpaired) electrons. The van der Waals surface area contributed by atoms with Crippen molar-refractivity contribution >= 4 is 5.91 Å². The molecule has 3 nitrogen and oxygen atoms in total. The van der Waals surface area contributed by atoms with Gasteiger partial charge >= 0.3 is 0 Å². The summed E-state index contributed by atoms with van der Waals surface area (Å²) in [5.74, 6) is -0.409. The molecule has 0 atom stereocenters. The summed E-state index contributed by atoms with van der Waals surface area (Å²) in [6, 6.07) is 14.7. The summed E-state index contributed by atoms with van der Waals surface area (Å²) in [5.41, 5.74) is 2.88. The van der Waals surface area contributed by atoms with E-state index in [9.17, 15) is 9.18 Å². The minimum absolute atomic E-state index is 0.113. The lowest BCUT2D eigenvalue weighted by Gasteiger charge is -2.16. The number of nitrogens with zero attached hydrogens (tertiary/aromatic N) is 1. The van der Waals surface area contributed by atoms with Crippen LogP contribution in [0.15, 0.2) is 48.5 Å². The van der Waals surface area contributed by atoms with Crippen LogP contribution in [0.4, 0.5) is 4.39 Å². The Balaban J connectivity index is 1.79. The quantitative estimate of drug-likeness (QED) is 0.889. The SMILES string of the molecule is Cc1ccc(CN(C)CC(=O)NCc2ccccc2F)cc1. The largest absolute Gasteiger partial charge is 0.351 e. The molecular formula is C18H21FN2O. The predicted molar refractivity (Wildman–Crippen MR) is 85.8 cm³/mol. The van der Waals surface area contributed by atoms with Gasteiger partial charge in [-0.3, -0.25) is 9.69 Å². The lowest BCUT2D eigenvalue weighted by atomic mass is 10.1. The number of rotatable bonds is 6. The summed E-state index contributed by atoms with van der Waals surface area (Å²) < 4.78 is 13.5. The highest BCUT2D eigenvalue weighted by atomic mass is 19.1. The first kappa shape index (κ1) is 16.2. The maximum absolute atomic E-state index is 13.5. The number of amides is 1. The first-order valence-corrected chi connectivity index (χ1v) is 7.29. The fourth-order valence-electron chi connectivity index (χ4n) is 2.20. The molecule has 0 spiro atoms. The van der Waals surface area contributed by atoms with Gasteiger partial charge in [0.1, 0.15) is 5.82 Å². The molecule has 1 amide bonds. The zero-order valence-electron chi connectivity index (χ0n) is 13.0. The van der Waals surface area contributed by atoms with Crippen LogP contribution in [0.5, 0.6) is 0 Å². The Morgan fingerprint density at radius 2 is 1.82 bits per heavy atom. The summed E-state index contributed by atoms with van der Waals surface area (Å²) in [6.07, 6.45) is 0. The van der Waals surface area contributed by atoms with Gasteiger partial charge in [0.15, 0.2) is 0 Å². The van der Waals surface area contributed by atoms with E-state index in [0.29, 0.717) is 12.1 Å². The molecule has 0 aliphatic carbocycles. The first-order valence-electron chi connectivity index (χ1n) is 7.29. The predicted octanol–water partition coefficient (Wildman–Crippen LogP) is 2.88. The molecule has 0 saturated heterocycles. The van der Waals surface area contributed by atoms with Crippen molar-refractivity contribution in [3.05, 3.63) is 71.0 Å². The van der Waals surface area contributed by atoms with Gasteiger partial charge in [-0.25, -0.2) is 4.39 Å². The maximum Gasteiger partial charge on any atom is 0.234 e. The Bertz CT molecular complexity index is 625. The summed E-state index contributed by atoms with van der Waals surface area (Å²) >= 11 is 0. The molecule has 2 aromatic carbocycles. The second-order valence-electron chi connectivity index (χ2n) is 5.53. The van der Waals surface area contributed by atoms with E-state index >= 15 is 0 Å². The zero-order valence-corrected chi connectivity index (χ0v) is 13.0. The van der Waals surface area contributed by atoms with E-state index in [1.165, 1.54) is 11.6 Å². The van der Waals surface area contributed by atoms with Crippen LogP contribution < -0.4 is 5.32 Å². The molecular weight excluding hydrogens is 279 g/mol. The Hall–Kier alpha value is -2.20. The molecule has 0 aliphatic heterocycles. The average Bonchev–Trinajstić information content (AvgIpc) is 2.49. The van der Waals surface area contributed by atoms with Crippen LogP contribution in [0.2, 0.25) is 0 Å². The van der Waals surface area contributed by atoms with Crippen LogP contribution >= 0.6 is 0 Å². The second kappa shape index (κ2) is 7.71. The number of halogens is 1. The molecule has 0 bridgehead atoms. The number of likely N-dealkylation sites (N-methyl/N-ethyl adjacent to an activating group) is 1. The van der Waals surface area contributed by atoms with Gasteiger partial charge in [-0.2, -0.15) is 0 Å². The van der Waals surface area contributed by atoms with Crippen molar-refractivity contribution in [2.75, 3.05) is 13.6 Å². The van der Waals surface area contributed by atoms with Crippen LogP contribution in [0.25, 0.3) is 0 Å². The highest BCUT2D eigenvalue weighted by molar-refractivity contribution is 5.77. The van der Waals surface area contributed by atoms with E-state index in [1.54, 1.807) is 18.2 Å². The maximum atomic E-state index is 13.5. The van der Waals surface area contributed by atoms with E-state index in [2.05, 4.69) is 29.6 Å². The number of hydrogen-bond donors (Lipinski definition) is 1. The van der Waals surface area contributed by atoms with E-state index in [0.717, 1.165) is 5.56 Å². The van der Waals surface area contributed by atoms with Gasteiger partial charge in [-0.15, -0.1) is 0 Å². The molecule has 22 heavy (non-hydrogen) atoms. The van der Waals surface area contributed by atoms with Gasteiger partial charge < -0.3 is 5.32 Å². The van der Waals surface area contributed by atoms with Crippen molar-refractivity contribution in [2.24, 2.45) is 0 Å². The van der Waals surface area contributed by atoms with Gasteiger partial charge in [0.05, 0.1) is 6.54 Å². The fraction of sp³-hybridized carbons (Fsp3) is 0.278. The molecule has 2 rings (SSSR count). The highest BCUT2D eigenvalue weighted by Crippen LogP contribution is 2.07. The summed E-state index contributed by atoms with van der Waals surface area (Å²) in [5, 5.41) is 2.74. The summed E-state index contributed by atoms with van der Waals surface area (Å²) in [4.78, 5) is 13.8. The molecule has 0 saturated carbocycles. The number of benzene rings is 2. The second-order valence-corrected chi connectivity index (χ2v) is 5.53. The lowest BCUT2D eigenvalue weighted by molar-refractivity contribution is -0.122. The van der Waals surface area contributed by atoms with Crippen LogP contribution in [-0.4, -0.2) is 24.4 Å². The van der Waals surface area contributed by atoms with Crippen molar-refractivity contribution in [3.8, 4) is 0 Å². The average molecular weight is 300 g/mol. The summed E-state index contributed by atoms with van der Waals surface area (Å²) in [7, 11) is 1.89. The normalized spacial score (nSPS) is 10.7. The molecule has 2 aromatic rings. The third kappa shape index (κ3) is 4.97. The molecule has 0 heterocycles. The van der Waals surface area contributed by atoms with E-state index < -0.39 is 0 Å². The molecule has 0 fully saturated rings. The fourth-order valence-corrected chi connectivity index (χ4v) is 2.20. The minimum atomic E-state index is -0.296.